The number of methoxy groups -OCH3 is 1. The molecule has 0 saturated carbocycles. The van der Waals surface area contributed by atoms with Gasteiger partial charge in [0.25, 0.3) is 5.91 Å². The van der Waals surface area contributed by atoms with Gasteiger partial charge in [0.05, 0.1) is 17.3 Å². The van der Waals surface area contributed by atoms with Crippen molar-refractivity contribution in [3.8, 4) is 0 Å². The summed E-state index contributed by atoms with van der Waals surface area (Å²) < 4.78 is 17.6. The number of benzene rings is 1. The molecule has 0 aromatic heterocycles. The maximum absolute atomic E-state index is 12.9. The molecule has 1 aromatic carbocycles. The number of carbonyl (C=O) groups is 1. The van der Waals surface area contributed by atoms with Gasteiger partial charge in [-0.05, 0) is 58.7 Å². The summed E-state index contributed by atoms with van der Waals surface area (Å²) in [5.41, 5.74) is 0.393. The van der Waals surface area contributed by atoms with Crippen molar-refractivity contribution in [2.24, 2.45) is 0 Å². The van der Waals surface area contributed by atoms with Gasteiger partial charge in [0.1, 0.15) is 0 Å². The summed E-state index contributed by atoms with van der Waals surface area (Å²) in [7, 11) is 1.14. The van der Waals surface area contributed by atoms with E-state index < -0.39 is 18.3 Å². The van der Waals surface area contributed by atoms with Crippen molar-refractivity contribution < 1.29 is 18.8 Å². The second-order valence-corrected chi connectivity index (χ2v) is 8.46. The zero-order valence-corrected chi connectivity index (χ0v) is 16.9. The number of hydrogen-bond donors (Lipinski definition) is 0. The molecule has 0 bridgehead atoms. The largest absolute Gasteiger partial charge is 0.496 e. The van der Waals surface area contributed by atoms with Crippen LogP contribution in [0.15, 0.2) is 18.2 Å². The van der Waals surface area contributed by atoms with Crippen LogP contribution in [-0.4, -0.2) is 55.4 Å². The van der Waals surface area contributed by atoms with E-state index in [0.717, 1.165) is 12.8 Å². The number of hydrogen-bond acceptors (Lipinski definition) is 4. The van der Waals surface area contributed by atoms with E-state index in [1.54, 1.807) is 25.3 Å². The van der Waals surface area contributed by atoms with Crippen LogP contribution in [0.1, 0.15) is 50.9 Å². The van der Waals surface area contributed by atoms with E-state index in [0.29, 0.717) is 29.1 Å². The monoisotopic (exact) mass is 379 g/mol. The Hall–Kier alpha value is -1.08. The first-order valence-electron chi connectivity index (χ1n) is 9.12. The number of amides is 1. The highest BCUT2D eigenvalue weighted by molar-refractivity contribution is 6.65. The van der Waals surface area contributed by atoms with E-state index in [9.17, 15) is 4.79 Å². The van der Waals surface area contributed by atoms with Crippen molar-refractivity contribution in [1.82, 2.24) is 4.90 Å². The summed E-state index contributed by atoms with van der Waals surface area (Å²) in [5, 5.41) is 0.540. The fourth-order valence-corrected chi connectivity index (χ4v) is 3.51. The molecule has 26 heavy (non-hydrogen) atoms. The number of rotatable bonds is 3. The summed E-state index contributed by atoms with van der Waals surface area (Å²) in [6, 6.07) is 5.31. The summed E-state index contributed by atoms with van der Waals surface area (Å²) in [4.78, 5) is 14.8. The van der Waals surface area contributed by atoms with Gasteiger partial charge >= 0.3 is 7.12 Å². The molecular formula is C19H27BClNO4. The van der Waals surface area contributed by atoms with Gasteiger partial charge in [0, 0.05) is 36.2 Å². The number of carbonyl (C=O) groups excluding carboxylic acids is 1. The van der Waals surface area contributed by atoms with Crippen LogP contribution in [0.4, 0.5) is 0 Å². The third-order valence-electron chi connectivity index (χ3n) is 5.81. The number of halogens is 1. The Labute approximate surface area is 161 Å². The van der Waals surface area contributed by atoms with Crippen molar-refractivity contribution >= 4 is 30.1 Å². The van der Waals surface area contributed by atoms with Gasteiger partial charge in [0.15, 0.2) is 0 Å². The molecule has 3 rings (SSSR count). The lowest BCUT2D eigenvalue weighted by Crippen LogP contribution is -2.41. The molecule has 0 aliphatic carbocycles. The molecule has 2 saturated heterocycles. The molecule has 0 N–H and O–H groups in total. The summed E-state index contributed by atoms with van der Waals surface area (Å²) in [6.45, 7) is 9.38. The molecule has 2 aliphatic heterocycles. The lowest BCUT2D eigenvalue weighted by Gasteiger charge is -2.32. The zero-order chi connectivity index (χ0) is 19.1. The van der Waals surface area contributed by atoms with Crippen molar-refractivity contribution in [1.29, 1.82) is 0 Å². The highest BCUT2D eigenvalue weighted by atomic mass is 35.5. The third kappa shape index (κ3) is 3.65. The van der Waals surface area contributed by atoms with E-state index in [2.05, 4.69) is 0 Å². The average Bonchev–Trinajstić information content (AvgIpc) is 2.82. The predicted octanol–water partition coefficient (Wildman–Crippen LogP) is 2.89. The maximum Gasteiger partial charge on any atom is 0.496 e. The Morgan fingerprint density at radius 2 is 1.77 bits per heavy atom. The van der Waals surface area contributed by atoms with Gasteiger partial charge in [-0.1, -0.05) is 11.6 Å². The quantitative estimate of drug-likeness (QED) is 0.758. The topological polar surface area (TPSA) is 48.0 Å². The molecule has 2 heterocycles. The molecular weight excluding hydrogens is 352 g/mol. The molecule has 2 fully saturated rings. The molecule has 0 spiro atoms. The Kier molecular flexibility index (Phi) is 5.41. The van der Waals surface area contributed by atoms with Crippen LogP contribution in [-0.2, 0) is 14.0 Å². The standard InChI is InChI=1S/C19H27BClNO4/c1-18(2)19(3,4)26-20(25-18)15-12-13(6-7-16(15)21)17(23)22-10-8-14(24-5)9-11-22/h6-7,12,14H,8-11H2,1-5H3. The van der Waals surface area contributed by atoms with E-state index in [1.807, 2.05) is 32.6 Å². The molecule has 0 atom stereocenters. The van der Waals surface area contributed by atoms with Crippen molar-refractivity contribution in [3.63, 3.8) is 0 Å². The highest BCUT2D eigenvalue weighted by Gasteiger charge is 2.52. The molecule has 7 heteroatoms. The number of likely N-dealkylation sites (tertiary alicyclic amines) is 1. The molecule has 2 aliphatic rings. The van der Waals surface area contributed by atoms with E-state index >= 15 is 0 Å². The van der Waals surface area contributed by atoms with Crippen molar-refractivity contribution in [2.45, 2.75) is 57.8 Å². The Morgan fingerprint density at radius 3 is 2.31 bits per heavy atom. The van der Waals surface area contributed by atoms with Crippen LogP contribution in [0, 0.1) is 0 Å². The van der Waals surface area contributed by atoms with Crippen LogP contribution in [0.5, 0.6) is 0 Å². The molecule has 0 unspecified atom stereocenters. The lowest BCUT2D eigenvalue weighted by molar-refractivity contribution is 0.00578. The fraction of sp³-hybridized carbons (Fsp3) is 0.632. The second kappa shape index (κ2) is 7.15. The fourth-order valence-electron chi connectivity index (χ4n) is 3.30. The third-order valence-corrected chi connectivity index (χ3v) is 6.16. The van der Waals surface area contributed by atoms with Gasteiger partial charge in [0.2, 0.25) is 0 Å². The van der Waals surface area contributed by atoms with Crippen molar-refractivity contribution in [2.75, 3.05) is 20.2 Å². The van der Waals surface area contributed by atoms with Gasteiger partial charge < -0.3 is 18.9 Å². The minimum absolute atomic E-state index is 0.00832. The smallest absolute Gasteiger partial charge is 0.399 e. The first kappa shape index (κ1) is 19.7. The van der Waals surface area contributed by atoms with Gasteiger partial charge in [-0.2, -0.15) is 0 Å². The van der Waals surface area contributed by atoms with Gasteiger partial charge in [-0.15, -0.1) is 0 Å². The van der Waals surface area contributed by atoms with Gasteiger partial charge in [-0.3, -0.25) is 4.79 Å². The van der Waals surface area contributed by atoms with E-state index in [-0.39, 0.29) is 12.0 Å². The molecule has 0 radical (unpaired) electrons. The van der Waals surface area contributed by atoms with Crippen LogP contribution in [0.2, 0.25) is 5.02 Å². The van der Waals surface area contributed by atoms with E-state index in [4.69, 9.17) is 25.6 Å². The first-order valence-corrected chi connectivity index (χ1v) is 9.49. The Bertz CT molecular complexity index is 670. The molecule has 1 amide bonds. The summed E-state index contributed by atoms with van der Waals surface area (Å²) in [6.07, 6.45) is 1.96. The van der Waals surface area contributed by atoms with Crippen LogP contribution in [0.25, 0.3) is 0 Å². The maximum atomic E-state index is 12.9. The number of piperidine rings is 1. The van der Waals surface area contributed by atoms with Crippen LogP contribution >= 0.6 is 11.6 Å². The number of nitrogens with zero attached hydrogens (tertiary/aromatic N) is 1. The summed E-state index contributed by atoms with van der Waals surface area (Å²) >= 11 is 6.39. The normalized spacial score (nSPS) is 22.7. The SMILES string of the molecule is COC1CCN(C(=O)c2ccc(Cl)c(B3OC(C)(C)C(C)(C)O3)c2)CC1. The highest BCUT2D eigenvalue weighted by Crippen LogP contribution is 2.37. The molecule has 5 nitrogen and oxygen atoms in total. The lowest BCUT2D eigenvalue weighted by atomic mass is 9.78. The number of ether oxygens (including phenoxy) is 1. The minimum atomic E-state index is -0.584. The molecule has 1 aromatic rings. The molecule has 142 valence electrons. The predicted molar refractivity (Wildman–Crippen MR) is 103 cm³/mol. The first-order chi connectivity index (χ1) is 12.1. The van der Waals surface area contributed by atoms with Crippen LogP contribution in [0.3, 0.4) is 0 Å². The van der Waals surface area contributed by atoms with Crippen LogP contribution < -0.4 is 5.46 Å². The second-order valence-electron chi connectivity index (χ2n) is 8.05. The Balaban J connectivity index is 1.79. The van der Waals surface area contributed by atoms with Gasteiger partial charge in [-0.25, -0.2) is 0 Å². The Morgan fingerprint density at radius 1 is 1.19 bits per heavy atom. The average molecular weight is 380 g/mol. The van der Waals surface area contributed by atoms with E-state index in [1.165, 1.54) is 0 Å². The minimum Gasteiger partial charge on any atom is -0.399 e. The van der Waals surface area contributed by atoms with Crippen molar-refractivity contribution in [3.05, 3.63) is 28.8 Å². The summed E-state index contributed by atoms with van der Waals surface area (Å²) in [5.74, 6) is 0.00832. The zero-order valence-electron chi connectivity index (χ0n) is 16.2.